The second-order valence-corrected chi connectivity index (χ2v) is 7.29. The lowest BCUT2D eigenvalue weighted by molar-refractivity contribution is -0.130. The minimum absolute atomic E-state index is 0.112. The first-order valence-electron chi connectivity index (χ1n) is 10.3. The standard InChI is InChI=1S/C24H28N4O2/c29-23(26-13-11-19-7-3-1-4-8-19)16-21(15-22-17-25-18-28-22)24(30)27-14-12-20-9-5-2-6-10-20/h1-10,17-18,21H,11-16H2,(H,25,28)(H,26,29)(H,27,30). The summed E-state index contributed by atoms with van der Waals surface area (Å²) >= 11 is 0. The molecule has 1 heterocycles. The topological polar surface area (TPSA) is 86.9 Å². The maximum absolute atomic E-state index is 12.8. The fourth-order valence-electron chi connectivity index (χ4n) is 3.33. The van der Waals surface area contributed by atoms with Crippen LogP contribution in [0.15, 0.2) is 73.2 Å². The average Bonchev–Trinajstić information content (AvgIpc) is 3.28. The second-order valence-electron chi connectivity index (χ2n) is 7.29. The molecule has 156 valence electrons. The third kappa shape index (κ3) is 7.20. The van der Waals surface area contributed by atoms with Gasteiger partial charge in [0, 0.05) is 37.8 Å². The number of rotatable bonds is 11. The van der Waals surface area contributed by atoms with Crippen LogP contribution < -0.4 is 10.6 Å². The Labute approximate surface area is 177 Å². The zero-order valence-corrected chi connectivity index (χ0v) is 17.0. The van der Waals surface area contributed by atoms with Crippen molar-refractivity contribution >= 4 is 11.8 Å². The molecule has 2 aromatic carbocycles. The molecular weight excluding hydrogens is 376 g/mol. The average molecular weight is 405 g/mol. The van der Waals surface area contributed by atoms with Crippen molar-refractivity contribution in [2.75, 3.05) is 13.1 Å². The summed E-state index contributed by atoms with van der Waals surface area (Å²) in [7, 11) is 0. The van der Waals surface area contributed by atoms with Gasteiger partial charge in [-0.1, -0.05) is 60.7 Å². The number of carbonyl (C=O) groups is 2. The SMILES string of the molecule is O=C(CC(Cc1cnc[nH]1)C(=O)NCCc1ccccc1)NCCc1ccccc1. The molecule has 0 bridgehead atoms. The van der Waals surface area contributed by atoms with Crippen molar-refractivity contribution in [3.63, 3.8) is 0 Å². The van der Waals surface area contributed by atoms with Crippen molar-refractivity contribution in [2.24, 2.45) is 5.92 Å². The summed E-state index contributed by atoms with van der Waals surface area (Å²) in [4.78, 5) is 32.3. The summed E-state index contributed by atoms with van der Waals surface area (Å²) in [6.45, 7) is 1.09. The lowest BCUT2D eigenvalue weighted by Crippen LogP contribution is -2.37. The highest BCUT2D eigenvalue weighted by atomic mass is 16.2. The van der Waals surface area contributed by atoms with Crippen molar-refractivity contribution in [1.82, 2.24) is 20.6 Å². The Kier molecular flexibility index (Phi) is 8.21. The number of hydrogen-bond donors (Lipinski definition) is 3. The van der Waals surface area contributed by atoms with Gasteiger partial charge in [0.15, 0.2) is 0 Å². The van der Waals surface area contributed by atoms with Crippen LogP contribution in [0.1, 0.15) is 23.2 Å². The molecule has 0 saturated carbocycles. The number of nitrogens with one attached hydrogen (secondary N) is 3. The van der Waals surface area contributed by atoms with E-state index in [0.717, 1.165) is 18.5 Å². The smallest absolute Gasteiger partial charge is 0.224 e. The van der Waals surface area contributed by atoms with Gasteiger partial charge in [0.05, 0.1) is 12.2 Å². The van der Waals surface area contributed by atoms with E-state index in [1.54, 1.807) is 12.5 Å². The highest BCUT2D eigenvalue weighted by Crippen LogP contribution is 2.11. The number of aromatic amines is 1. The lowest BCUT2D eigenvalue weighted by Gasteiger charge is -2.16. The quantitative estimate of drug-likeness (QED) is 0.459. The number of nitrogens with zero attached hydrogens (tertiary/aromatic N) is 1. The second kappa shape index (κ2) is 11.6. The Morgan fingerprint density at radius 3 is 2.03 bits per heavy atom. The molecule has 0 spiro atoms. The van der Waals surface area contributed by atoms with Crippen LogP contribution in [0, 0.1) is 5.92 Å². The predicted molar refractivity (Wildman–Crippen MR) is 117 cm³/mol. The van der Waals surface area contributed by atoms with Crippen LogP contribution in [-0.4, -0.2) is 34.9 Å². The molecule has 1 aromatic heterocycles. The van der Waals surface area contributed by atoms with E-state index in [9.17, 15) is 9.59 Å². The summed E-state index contributed by atoms with van der Waals surface area (Å²) in [5, 5.41) is 5.91. The van der Waals surface area contributed by atoms with E-state index in [0.29, 0.717) is 19.5 Å². The van der Waals surface area contributed by atoms with Gasteiger partial charge in [-0.15, -0.1) is 0 Å². The van der Waals surface area contributed by atoms with E-state index >= 15 is 0 Å². The summed E-state index contributed by atoms with van der Waals surface area (Å²) in [6, 6.07) is 20.0. The Morgan fingerprint density at radius 1 is 0.867 bits per heavy atom. The van der Waals surface area contributed by atoms with Crippen LogP contribution in [0.25, 0.3) is 0 Å². The summed E-state index contributed by atoms with van der Waals surface area (Å²) in [5.74, 6) is -0.676. The van der Waals surface area contributed by atoms with Gasteiger partial charge in [0.25, 0.3) is 0 Å². The van der Waals surface area contributed by atoms with Gasteiger partial charge >= 0.3 is 0 Å². The first kappa shape index (κ1) is 21.3. The molecule has 6 nitrogen and oxygen atoms in total. The molecule has 0 aliphatic carbocycles. The molecule has 0 saturated heterocycles. The number of hydrogen-bond acceptors (Lipinski definition) is 3. The van der Waals surface area contributed by atoms with Crippen molar-refractivity contribution < 1.29 is 9.59 Å². The number of carbonyl (C=O) groups excluding carboxylic acids is 2. The maximum atomic E-state index is 12.8. The molecule has 2 amide bonds. The van der Waals surface area contributed by atoms with E-state index in [1.165, 1.54) is 11.1 Å². The number of H-pyrrole nitrogens is 1. The Bertz CT molecular complexity index is 895. The summed E-state index contributed by atoms with van der Waals surface area (Å²) in [5.41, 5.74) is 3.18. The number of imidazole rings is 1. The largest absolute Gasteiger partial charge is 0.356 e. The van der Waals surface area contributed by atoms with Crippen LogP contribution in [0.2, 0.25) is 0 Å². The molecule has 30 heavy (non-hydrogen) atoms. The van der Waals surface area contributed by atoms with Crippen molar-refractivity contribution in [3.8, 4) is 0 Å². The van der Waals surface area contributed by atoms with Gasteiger partial charge in [0.2, 0.25) is 11.8 Å². The molecular formula is C24H28N4O2. The van der Waals surface area contributed by atoms with Crippen molar-refractivity contribution in [1.29, 1.82) is 0 Å². The molecule has 0 radical (unpaired) electrons. The molecule has 6 heteroatoms. The Morgan fingerprint density at radius 2 is 1.47 bits per heavy atom. The third-order valence-corrected chi connectivity index (χ3v) is 4.96. The molecule has 1 atom stereocenters. The Hall–Kier alpha value is -3.41. The van der Waals surface area contributed by atoms with Crippen LogP contribution in [-0.2, 0) is 28.9 Å². The molecule has 0 aliphatic heterocycles. The Balaban J connectivity index is 1.49. The summed E-state index contributed by atoms with van der Waals surface area (Å²) in [6.07, 6.45) is 5.39. The van der Waals surface area contributed by atoms with Gasteiger partial charge in [-0.05, 0) is 24.0 Å². The number of benzene rings is 2. The fraction of sp³-hybridized carbons (Fsp3) is 0.292. The van der Waals surface area contributed by atoms with E-state index < -0.39 is 5.92 Å². The van der Waals surface area contributed by atoms with Gasteiger partial charge in [-0.25, -0.2) is 4.98 Å². The molecule has 3 aromatic rings. The van der Waals surface area contributed by atoms with E-state index in [2.05, 4.69) is 20.6 Å². The van der Waals surface area contributed by atoms with Gasteiger partial charge in [-0.2, -0.15) is 0 Å². The van der Waals surface area contributed by atoms with Crippen LogP contribution >= 0.6 is 0 Å². The molecule has 0 aliphatic rings. The van der Waals surface area contributed by atoms with Gasteiger partial charge < -0.3 is 15.6 Å². The first-order valence-corrected chi connectivity index (χ1v) is 10.3. The van der Waals surface area contributed by atoms with Crippen LogP contribution in [0.5, 0.6) is 0 Å². The van der Waals surface area contributed by atoms with Crippen LogP contribution in [0.3, 0.4) is 0 Å². The zero-order valence-electron chi connectivity index (χ0n) is 17.0. The highest BCUT2D eigenvalue weighted by molar-refractivity contribution is 5.86. The van der Waals surface area contributed by atoms with E-state index in [1.807, 2.05) is 60.7 Å². The normalized spacial score (nSPS) is 11.6. The monoisotopic (exact) mass is 404 g/mol. The minimum Gasteiger partial charge on any atom is -0.356 e. The lowest BCUT2D eigenvalue weighted by atomic mass is 9.98. The van der Waals surface area contributed by atoms with Crippen molar-refractivity contribution in [2.45, 2.75) is 25.7 Å². The molecule has 3 rings (SSSR count). The third-order valence-electron chi connectivity index (χ3n) is 4.96. The van der Waals surface area contributed by atoms with Gasteiger partial charge in [0.1, 0.15) is 0 Å². The minimum atomic E-state index is -0.446. The van der Waals surface area contributed by atoms with Crippen molar-refractivity contribution in [3.05, 3.63) is 90.0 Å². The highest BCUT2D eigenvalue weighted by Gasteiger charge is 2.22. The fourth-order valence-corrected chi connectivity index (χ4v) is 3.33. The zero-order chi connectivity index (χ0) is 21.0. The van der Waals surface area contributed by atoms with Gasteiger partial charge in [-0.3, -0.25) is 9.59 Å². The molecule has 1 unspecified atom stereocenters. The molecule has 0 fully saturated rings. The predicted octanol–water partition coefficient (Wildman–Crippen LogP) is 2.68. The summed E-state index contributed by atoms with van der Waals surface area (Å²) < 4.78 is 0. The number of amides is 2. The molecule has 3 N–H and O–H groups in total. The first-order chi connectivity index (χ1) is 14.7. The van der Waals surface area contributed by atoms with E-state index in [4.69, 9.17) is 0 Å². The maximum Gasteiger partial charge on any atom is 0.224 e. The number of aromatic nitrogens is 2. The van der Waals surface area contributed by atoms with Crippen LogP contribution in [0.4, 0.5) is 0 Å². The van der Waals surface area contributed by atoms with E-state index in [-0.39, 0.29) is 18.2 Å².